The predicted octanol–water partition coefficient (Wildman–Crippen LogP) is 0.573. The van der Waals surface area contributed by atoms with Crippen LogP contribution >= 0.6 is 0 Å². The van der Waals surface area contributed by atoms with Crippen LogP contribution < -0.4 is 5.43 Å². The molecule has 2 aliphatic heterocycles. The number of carbonyl (C=O) groups excluding carboxylic acids is 2. The van der Waals surface area contributed by atoms with Gasteiger partial charge in [-0.3, -0.25) is 15.0 Å². The van der Waals surface area contributed by atoms with E-state index in [1.54, 1.807) is 4.90 Å². The Bertz CT molecular complexity index is 517. The molecule has 23 heavy (non-hydrogen) atoms. The quantitative estimate of drug-likeness (QED) is 0.822. The van der Waals surface area contributed by atoms with Crippen LogP contribution in [0.1, 0.15) is 46.5 Å². The molecular formula is C16H27N5O2. The number of hydrogen-bond donors (Lipinski definition) is 1. The molecule has 0 radical (unpaired) electrons. The molecule has 3 aliphatic rings. The molecule has 3 unspecified atom stereocenters. The van der Waals surface area contributed by atoms with Gasteiger partial charge in [-0.05, 0) is 33.6 Å². The van der Waals surface area contributed by atoms with Crippen molar-refractivity contribution < 1.29 is 9.59 Å². The molecule has 1 saturated heterocycles. The number of nitrogens with zero attached hydrogens (tertiary/aromatic N) is 4. The number of likely N-dealkylation sites (N-methyl/N-ethyl adjacent to an activating group) is 1. The standard InChI is InChI=1S/C16H27N5O2/c1-4-19(5-2)14(22)10-20-12-8-6-7-9-13(12)21-11(3)17-18-15(21)16(20)23/h12-13,15,18H,4-10H2,1-3H3. The predicted molar refractivity (Wildman–Crippen MR) is 87.6 cm³/mol. The highest BCUT2D eigenvalue weighted by molar-refractivity contribution is 5.94. The van der Waals surface area contributed by atoms with Crippen LogP contribution in [-0.2, 0) is 9.59 Å². The van der Waals surface area contributed by atoms with E-state index >= 15 is 0 Å². The summed E-state index contributed by atoms with van der Waals surface area (Å²) in [6, 6.07) is 0.395. The van der Waals surface area contributed by atoms with Crippen LogP contribution in [0.2, 0.25) is 0 Å². The summed E-state index contributed by atoms with van der Waals surface area (Å²) in [4.78, 5) is 31.2. The van der Waals surface area contributed by atoms with Gasteiger partial charge in [0.15, 0.2) is 6.17 Å². The minimum absolute atomic E-state index is 0.0192. The number of rotatable bonds is 4. The number of nitrogens with one attached hydrogen (secondary N) is 1. The molecule has 2 heterocycles. The van der Waals surface area contributed by atoms with Crippen molar-refractivity contribution in [3.63, 3.8) is 0 Å². The minimum atomic E-state index is -0.432. The Balaban J connectivity index is 1.82. The number of fused-ring (bicyclic) bond motifs is 3. The first kappa shape index (κ1) is 16.1. The summed E-state index contributed by atoms with van der Waals surface area (Å²) in [6.45, 7) is 7.44. The third kappa shape index (κ3) is 2.66. The fourth-order valence-corrected chi connectivity index (χ4v) is 4.18. The molecule has 7 nitrogen and oxygen atoms in total. The lowest BCUT2D eigenvalue weighted by Crippen LogP contribution is -2.69. The van der Waals surface area contributed by atoms with Crippen LogP contribution in [-0.4, -0.2) is 70.2 Å². The van der Waals surface area contributed by atoms with Gasteiger partial charge in [0.05, 0.1) is 12.1 Å². The zero-order valence-electron chi connectivity index (χ0n) is 14.3. The summed E-state index contributed by atoms with van der Waals surface area (Å²) in [5.41, 5.74) is 2.95. The maximum atomic E-state index is 12.9. The third-order valence-electron chi connectivity index (χ3n) is 5.39. The van der Waals surface area contributed by atoms with E-state index in [0.717, 1.165) is 25.1 Å². The first-order valence-corrected chi connectivity index (χ1v) is 8.74. The lowest BCUT2D eigenvalue weighted by atomic mass is 9.85. The molecule has 2 fully saturated rings. The largest absolute Gasteiger partial charge is 0.342 e. The highest BCUT2D eigenvalue weighted by atomic mass is 16.2. The Hall–Kier alpha value is -1.79. The second kappa shape index (κ2) is 6.37. The maximum Gasteiger partial charge on any atom is 0.268 e. The Labute approximate surface area is 137 Å². The van der Waals surface area contributed by atoms with Gasteiger partial charge in [-0.1, -0.05) is 12.8 Å². The van der Waals surface area contributed by atoms with Crippen LogP contribution in [0.15, 0.2) is 5.10 Å². The van der Waals surface area contributed by atoms with Gasteiger partial charge in [-0.25, -0.2) is 0 Å². The molecule has 3 atom stereocenters. The molecular weight excluding hydrogens is 294 g/mol. The van der Waals surface area contributed by atoms with E-state index in [0.29, 0.717) is 13.1 Å². The first-order chi connectivity index (χ1) is 11.1. The van der Waals surface area contributed by atoms with Gasteiger partial charge < -0.3 is 14.7 Å². The summed E-state index contributed by atoms with van der Waals surface area (Å²) in [5, 5.41) is 4.25. The van der Waals surface area contributed by atoms with Gasteiger partial charge >= 0.3 is 0 Å². The topological polar surface area (TPSA) is 68.2 Å². The molecule has 3 rings (SSSR count). The zero-order chi connectivity index (χ0) is 16.6. The van der Waals surface area contributed by atoms with E-state index in [1.807, 2.05) is 25.7 Å². The molecule has 7 heteroatoms. The van der Waals surface area contributed by atoms with Crippen molar-refractivity contribution in [1.82, 2.24) is 20.1 Å². The Morgan fingerprint density at radius 1 is 1.26 bits per heavy atom. The second-order valence-electron chi connectivity index (χ2n) is 6.55. The van der Waals surface area contributed by atoms with Crippen LogP contribution in [0.3, 0.4) is 0 Å². The normalized spacial score (nSPS) is 29.6. The molecule has 1 aliphatic carbocycles. The number of piperazine rings is 1. The summed E-state index contributed by atoms with van der Waals surface area (Å²) < 4.78 is 0. The lowest BCUT2D eigenvalue weighted by Gasteiger charge is -2.51. The van der Waals surface area contributed by atoms with E-state index in [1.165, 1.54) is 6.42 Å². The van der Waals surface area contributed by atoms with Gasteiger partial charge in [0.2, 0.25) is 5.91 Å². The SMILES string of the molecule is CCN(CC)C(=O)CN1C(=O)C2NN=C(C)N2C2CCCCC21. The summed E-state index contributed by atoms with van der Waals surface area (Å²) in [7, 11) is 0. The van der Waals surface area contributed by atoms with Gasteiger partial charge in [0.1, 0.15) is 12.4 Å². The van der Waals surface area contributed by atoms with Gasteiger partial charge in [-0.15, -0.1) is 0 Å². The molecule has 128 valence electrons. The van der Waals surface area contributed by atoms with Crippen molar-refractivity contribution >= 4 is 17.6 Å². The number of hydrazone groups is 1. The number of amides is 2. The van der Waals surface area contributed by atoms with Gasteiger partial charge in [0, 0.05) is 13.1 Å². The Morgan fingerprint density at radius 3 is 2.57 bits per heavy atom. The lowest BCUT2D eigenvalue weighted by molar-refractivity contribution is -0.154. The monoisotopic (exact) mass is 321 g/mol. The average Bonchev–Trinajstić information content (AvgIpc) is 2.95. The fraction of sp³-hybridized carbons (Fsp3) is 0.812. The maximum absolute atomic E-state index is 12.9. The van der Waals surface area contributed by atoms with Gasteiger partial charge in [-0.2, -0.15) is 5.10 Å². The Morgan fingerprint density at radius 2 is 1.91 bits per heavy atom. The molecule has 0 aromatic carbocycles. The van der Waals surface area contributed by atoms with E-state index in [2.05, 4.69) is 15.4 Å². The van der Waals surface area contributed by atoms with E-state index in [9.17, 15) is 9.59 Å². The summed E-state index contributed by atoms with van der Waals surface area (Å²) in [5.74, 6) is 0.904. The molecule has 0 spiro atoms. The third-order valence-corrected chi connectivity index (χ3v) is 5.39. The van der Waals surface area contributed by atoms with Crippen molar-refractivity contribution in [3.05, 3.63) is 0 Å². The summed E-state index contributed by atoms with van der Waals surface area (Å²) in [6.07, 6.45) is 3.88. The van der Waals surface area contributed by atoms with Crippen LogP contribution in [0.4, 0.5) is 0 Å². The second-order valence-corrected chi connectivity index (χ2v) is 6.55. The number of amidine groups is 1. The molecule has 1 N–H and O–H groups in total. The molecule has 0 aromatic heterocycles. The Kier molecular flexibility index (Phi) is 4.46. The van der Waals surface area contributed by atoms with Crippen molar-refractivity contribution in [2.75, 3.05) is 19.6 Å². The highest BCUT2D eigenvalue weighted by Crippen LogP contribution is 2.34. The minimum Gasteiger partial charge on any atom is -0.342 e. The van der Waals surface area contributed by atoms with Crippen molar-refractivity contribution in [2.24, 2.45) is 5.10 Å². The molecule has 0 bridgehead atoms. The summed E-state index contributed by atoms with van der Waals surface area (Å²) >= 11 is 0. The van der Waals surface area contributed by atoms with Crippen molar-refractivity contribution in [1.29, 1.82) is 0 Å². The average molecular weight is 321 g/mol. The van der Waals surface area contributed by atoms with Crippen molar-refractivity contribution in [3.8, 4) is 0 Å². The highest BCUT2D eigenvalue weighted by Gasteiger charge is 2.50. The number of carbonyl (C=O) groups is 2. The number of hydrogen-bond acceptors (Lipinski definition) is 5. The first-order valence-electron chi connectivity index (χ1n) is 8.74. The van der Waals surface area contributed by atoms with Crippen molar-refractivity contribution in [2.45, 2.75) is 64.7 Å². The van der Waals surface area contributed by atoms with E-state index in [4.69, 9.17) is 0 Å². The van der Waals surface area contributed by atoms with E-state index < -0.39 is 6.17 Å². The molecule has 2 amide bonds. The van der Waals surface area contributed by atoms with Crippen LogP contribution in [0.25, 0.3) is 0 Å². The smallest absolute Gasteiger partial charge is 0.268 e. The molecule has 1 saturated carbocycles. The van der Waals surface area contributed by atoms with E-state index in [-0.39, 0.29) is 30.4 Å². The van der Waals surface area contributed by atoms with Crippen LogP contribution in [0.5, 0.6) is 0 Å². The molecule has 0 aromatic rings. The van der Waals surface area contributed by atoms with Gasteiger partial charge in [0.25, 0.3) is 5.91 Å². The fourth-order valence-electron chi connectivity index (χ4n) is 4.18. The zero-order valence-corrected chi connectivity index (χ0v) is 14.3. The van der Waals surface area contributed by atoms with Crippen LogP contribution in [0, 0.1) is 0 Å².